The molecule has 0 spiro atoms. The van der Waals surface area contributed by atoms with Crippen LogP contribution in [0.1, 0.15) is 13.8 Å². The summed E-state index contributed by atoms with van der Waals surface area (Å²) >= 11 is 0. The highest BCUT2D eigenvalue weighted by atomic mass is 16.2. The second-order valence-electron chi connectivity index (χ2n) is 6.09. The molecule has 1 aromatic heterocycles. The summed E-state index contributed by atoms with van der Waals surface area (Å²) in [5.74, 6) is 0.0917. The zero-order valence-corrected chi connectivity index (χ0v) is 13.0. The molecule has 1 aliphatic heterocycles. The summed E-state index contributed by atoms with van der Waals surface area (Å²) in [6.45, 7) is 5.89. The number of rotatable bonds is 2. The van der Waals surface area contributed by atoms with E-state index in [1.807, 2.05) is 27.7 Å². The Hall–Kier alpha value is -2.14. The molecule has 0 radical (unpaired) electrons. The van der Waals surface area contributed by atoms with E-state index in [0.717, 1.165) is 18.6 Å². The largest absolute Gasteiger partial charge is 0.338 e. The van der Waals surface area contributed by atoms with Crippen molar-refractivity contribution in [1.29, 1.82) is 0 Å². The van der Waals surface area contributed by atoms with Crippen LogP contribution in [0.3, 0.4) is 0 Å². The minimum absolute atomic E-state index is 0.0104. The normalized spacial score (nSPS) is 22.0. The van der Waals surface area contributed by atoms with Crippen LogP contribution in [0.15, 0.2) is 41.3 Å². The van der Waals surface area contributed by atoms with Crippen LogP contribution < -0.4 is 10.7 Å². The molecule has 116 valence electrons. The highest BCUT2D eigenvalue weighted by molar-refractivity contribution is 5.82. The molecule has 1 aromatic carbocycles. The van der Waals surface area contributed by atoms with Crippen molar-refractivity contribution in [3.8, 4) is 0 Å². The number of pyridine rings is 1. The van der Waals surface area contributed by atoms with E-state index in [4.69, 9.17) is 0 Å². The van der Waals surface area contributed by atoms with Gasteiger partial charge in [-0.1, -0.05) is 12.1 Å². The Morgan fingerprint density at radius 3 is 2.59 bits per heavy atom. The molecule has 1 saturated heterocycles. The predicted octanol–water partition coefficient (Wildman–Crippen LogP) is 1.21. The van der Waals surface area contributed by atoms with Crippen molar-refractivity contribution in [2.45, 2.75) is 32.5 Å². The molecule has 3 rings (SSSR count). The Bertz CT molecular complexity index is 743. The van der Waals surface area contributed by atoms with Crippen molar-refractivity contribution in [2.24, 2.45) is 0 Å². The number of hydrogen-bond donors (Lipinski definition) is 1. The summed E-state index contributed by atoms with van der Waals surface area (Å²) in [4.78, 5) is 26.4. The third-order valence-electron chi connectivity index (χ3n) is 4.10. The highest BCUT2D eigenvalue weighted by Gasteiger charge is 2.24. The molecular formula is C17H21N3O2. The zero-order valence-electron chi connectivity index (χ0n) is 13.0. The van der Waals surface area contributed by atoms with Crippen LogP contribution in [0, 0.1) is 0 Å². The average Bonchev–Trinajstić information content (AvgIpc) is 2.49. The fourth-order valence-corrected chi connectivity index (χ4v) is 3.17. The number of carbonyl (C=O) groups excluding carboxylic acids is 1. The lowest BCUT2D eigenvalue weighted by Gasteiger charge is -2.36. The first kappa shape index (κ1) is 14.8. The number of benzene rings is 1. The zero-order chi connectivity index (χ0) is 15.7. The maximum Gasteiger partial charge on any atom is 0.242 e. The lowest BCUT2D eigenvalue weighted by atomic mass is 10.1. The van der Waals surface area contributed by atoms with Gasteiger partial charge in [-0.25, -0.2) is 0 Å². The second-order valence-corrected chi connectivity index (χ2v) is 6.09. The number of nitrogens with zero attached hydrogens (tertiary/aromatic N) is 2. The summed E-state index contributed by atoms with van der Waals surface area (Å²) in [5, 5.41) is 4.08. The third kappa shape index (κ3) is 2.90. The Kier molecular flexibility index (Phi) is 3.98. The van der Waals surface area contributed by atoms with Crippen molar-refractivity contribution < 1.29 is 4.79 Å². The van der Waals surface area contributed by atoms with Crippen molar-refractivity contribution in [2.75, 3.05) is 13.1 Å². The minimum atomic E-state index is -0.0104. The van der Waals surface area contributed by atoms with Crippen LogP contribution >= 0.6 is 0 Å². The van der Waals surface area contributed by atoms with Gasteiger partial charge in [-0.15, -0.1) is 0 Å². The third-order valence-corrected chi connectivity index (χ3v) is 4.10. The van der Waals surface area contributed by atoms with Crippen LogP contribution in [0.5, 0.6) is 0 Å². The molecule has 2 atom stereocenters. The summed E-state index contributed by atoms with van der Waals surface area (Å²) < 4.78 is 1.86. The molecule has 1 N–H and O–H groups in total. The van der Waals surface area contributed by atoms with Crippen LogP contribution in [-0.2, 0) is 11.3 Å². The van der Waals surface area contributed by atoms with Crippen molar-refractivity contribution >= 4 is 16.8 Å². The van der Waals surface area contributed by atoms with Crippen LogP contribution in [0.25, 0.3) is 10.9 Å². The van der Waals surface area contributed by atoms with Crippen molar-refractivity contribution in [3.05, 3.63) is 46.8 Å². The van der Waals surface area contributed by atoms with Crippen LogP contribution in [-0.4, -0.2) is 40.5 Å². The van der Waals surface area contributed by atoms with E-state index >= 15 is 0 Å². The number of para-hydroxylation sites is 1. The minimum Gasteiger partial charge on any atom is -0.338 e. The second kappa shape index (κ2) is 5.93. The van der Waals surface area contributed by atoms with Gasteiger partial charge in [-0.05, 0) is 26.0 Å². The first-order chi connectivity index (χ1) is 10.5. The standard InChI is InChI=1S/C17H21N3O2/c1-12-9-20(10-13(2)18-12)17(22)11-19-8-7-16(21)14-5-3-4-6-15(14)19/h3-8,12-13,18H,9-11H2,1-2H3/t12-,13+. The van der Waals surface area contributed by atoms with E-state index < -0.39 is 0 Å². The summed E-state index contributed by atoms with van der Waals surface area (Å²) in [5.41, 5.74) is 0.795. The number of piperazine rings is 1. The molecule has 0 unspecified atom stereocenters. The summed E-state index contributed by atoms with van der Waals surface area (Å²) in [6, 6.07) is 9.55. The molecule has 1 aliphatic rings. The van der Waals surface area contributed by atoms with Crippen LogP contribution in [0.2, 0.25) is 0 Å². The van der Waals surface area contributed by atoms with Gasteiger partial charge in [0, 0.05) is 42.8 Å². The number of amides is 1. The molecule has 22 heavy (non-hydrogen) atoms. The number of hydrogen-bond acceptors (Lipinski definition) is 3. The molecule has 0 bridgehead atoms. The van der Waals surface area contributed by atoms with E-state index in [1.54, 1.807) is 12.3 Å². The van der Waals surface area contributed by atoms with Gasteiger partial charge < -0.3 is 14.8 Å². The summed E-state index contributed by atoms with van der Waals surface area (Å²) in [6.07, 6.45) is 1.71. The van der Waals surface area contributed by atoms with E-state index in [-0.39, 0.29) is 17.9 Å². The Balaban J connectivity index is 1.86. The highest BCUT2D eigenvalue weighted by Crippen LogP contribution is 2.11. The van der Waals surface area contributed by atoms with Gasteiger partial charge in [0.1, 0.15) is 6.54 Å². The van der Waals surface area contributed by atoms with Gasteiger partial charge in [0.15, 0.2) is 5.43 Å². The van der Waals surface area contributed by atoms with Crippen molar-refractivity contribution in [3.63, 3.8) is 0 Å². The molecule has 5 nitrogen and oxygen atoms in total. The van der Waals surface area contributed by atoms with Gasteiger partial charge in [-0.2, -0.15) is 0 Å². The number of fused-ring (bicyclic) bond motifs is 1. The number of carbonyl (C=O) groups is 1. The van der Waals surface area contributed by atoms with Crippen molar-refractivity contribution in [1.82, 2.24) is 14.8 Å². The Morgan fingerprint density at radius 1 is 1.18 bits per heavy atom. The first-order valence-corrected chi connectivity index (χ1v) is 7.66. The topological polar surface area (TPSA) is 54.3 Å². The van der Waals surface area contributed by atoms with E-state index in [0.29, 0.717) is 17.5 Å². The van der Waals surface area contributed by atoms with E-state index in [2.05, 4.69) is 19.2 Å². The molecule has 5 heteroatoms. The van der Waals surface area contributed by atoms with E-state index in [9.17, 15) is 9.59 Å². The Labute approximate surface area is 129 Å². The Morgan fingerprint density at radius 2 is 1.86 bits per heavy atom. The molecule has 1 fully saturated rings. The summed E-state index contributed by atoms with van der Waals surface area (Å²) in [7, 11) is 0. The maximum absolute atomic E-state index is 12.6. The lowest BCUT2D eigenvalue weighted by molar-refractivity contribution is -0.133. The first-order valence-electron chi connectivity index (χ1n) is 7.66. The van der Waals surface area contributed by atoms with Gasteiger partial charge in [0.25, 0.3) is 0 Å². The number of nitrogens with one attached hydrogen (secondary N) is 1. The van der Waals surface area contributed by atoms with E-state index in [1.165, 1.54) is 6.07 Å². The van der Waals surface area contributed by atoms with Gasteiger partial charge in [-0.3, -0.25) is 9.59 Å². The van der Waals surface area contributed by atoms with Gasteiger partial charge in [0.2, 0.25) is 5.91 Å². The molecule has 2 aromatic rings. The maximum atomic E-state index is 12.6. The molecule has 0 aliphatic carbocycles. The van der Waals surface area contributed by atoms with Gasteiger partial charge >= 0.3 is 0 Å². The average molecular weight is 299 g/mol. The van der Waals surface area contributed by atoms with Crippen LogP contribution in [0.4, 0.5) is 0 Å². The smallest absolute Gasteiger partial charge is 0.242 e. The fraction of sp³-hybridized carbons (Fsp3) is 0.412. The quantitative estimate of drug-likeness (QED) is 0.907. The van der Waals surface area contributed by atoms with Gasteiger partial charge in [0.05, 0.1) is 5.52 Å². The SMILES string of the molecule is C[C@@H]1CN(C(=O)Cn2ccc(=O)c3ccccc32)C[C@H](C)N1. The molecule has 2 heterocycles. The predicted molar refractivity (Wildman–Crippen MR) is 86.8 cm³/mol. The number of aromatic nitrogens is 1. The monoisotopic (exact) mass is 299 g/mol. The lowest BCUT2D eigenvalue weighted by Crippen LogP contribution is -2.56. The molecule has 0 saturated carbocycles. The fourth-order valence-electron chi connectivity index (χ4n) is 3.17. The molecular weight excluding hydrogens is 278 g/mol. The molecule has 1 amide bonds.